The molecule has 29 heavy (non-hydrogen) atoms. The summed E-state index contributed by atoms with van der Waals surface area (Å²) in [6, 6.07) is 13.8. The van der Waals surface area contributed by atoms with Gasteiger partial charge in [0.1, 0.15) is 5.69 Å². The molecule has 1 aromatic heterocycles. The van der Waals surface area contributed by atoms with Crippen molar-refractivity contribution in [1.82, 2.24) is 15.1 Å². The Bertz CT molecular complexity index is 1050. The van der Waals surface area contributed by atoms with Gasteiger partial charge in [-0.05, 0) is 49.6 Å². The molecule has 7 heteroatoms. The maximum Gasteiger partial charge on any atom is 0.270 e. The summed E-state index contributed by atoms with van der Waals surface area (Å²) in [4.78, 5) is 23.3. The van der Waals surface area contributed by atoms with E-state index in [0.717, 1.165) is 16.8 Å². The van der Waals surface area contributed by atoms with Gasteiger partial charge >= 0.3 is 0 Å². The van der Waals surface area contributed by atoms with E-state index in [4.69, 9.17) is 0 Å². The third-order valence-corrected chi connectivity index (χ3v) is 4.57. The fourth-order valence-electron chi connectivity index (χ4n) is 3.05. The zero-order valence-corrected chi connectivity index (χ0v) is 17.0. The molecule has 0 saturated carbocycles. The van der Waals surface area contributed by atoms with E-state index < -0.39 is 4.92 Å². The van der Waals surface area contributed by atoms with E-state index in [1.807, 2.05) is 45.9 Å². The number of aromatic nitrogens is 2. The van der Waals surface area contributed by atoms with Gasteiger partial charge in [-0.3, -0.25) is 14.9 Å². The van der Waals surface area contributed by atoms with Crippen LogP contribution in [0.3, 0.4) is 0 Å². The molecule has 1 N–H and O–H groups in total. The van der Waals surface area contributed by atoms with Crippen molar-refractivity contribution >= 4 is 11.6 Å². The zero-order chi connectivity index (χ0) is 21.1. The highest BCUT2D eigenvalue weighted by Gasteiger charge is 2.19. The topological polar surface area (TPSA) is 90.1 Å². The third-order valence-electron chi connectivity index (χ3n) is 4.57. The van der Waals surface area contributed by atoms with E-state index in [0.29, 0.717) is 29.4 Å². The molecule has 0 aliphatic rings. The van der Waals surface area contributed by atoms with Crippen LogP contribution in [0.2, 0.25) is 0 Å². The molecule has 0 fully saturated rings. The summed E-state index contributed by atoms with van der Waals surface area (Å²) in [5.41, 5.74) is 4.66. The number of aryl methyl sites for hydroxylation is 2. The second-order valence-electron chi connectivity index (χ2n) is 7.52. The highest BCUT2D eigenvalue weighted by atomic mass is 16.6. The molecule has 3 rings (SSSR count). The van der Waals surface area contributed by atoms with Crippen LogP contribution in [0, 0.1) is 29.9 Å². The minimum Gasteiger partial charge on any atom is -0.350 e. The Hall–Kier alpha value is -3.48. The average molecular weight is 392 g/mol. The minimum atomic E-state index is -0.442. The lowest BCUT2D eigenvalue weighted by Crippen LogP contribution is -2.29. The lowest BCUT2D eigenvalue weighted by molar-refractivity contribution is -0.384. The van der Waals surface area contributed by atoms with Gasteiger partial charge in [-0.1, -0.05) is 31.5 Å². The van der Waals surface area contributed by atoms with Crippen LogP contribution in [-0.2, 0) is 0 Å². The van der Waals surface area contributed by atoms with E-state index in [1.54, 1.807) is 22.9 Å². The van der Waals surface area contributed by atoms with Crippen molar-refractivity contribution in [2.75, 3.05) is 6.54 Å². The number of carbonyl (C=O) groups excluding carboxylic acids is 1. The van der Waals surface area contributed by atoms with Gasteiger partial charge in [0.25, 0.3) is 11.6 Å². The monoisotopic (exact) mass is 392 g/mol. The summed E-state index contributed by atoms with van der Waals surface area (Å²) in [5.74, 6) is 0.116. The van der Waals surface area contributed by atoms with Crippen LogP contribution < -0.4 is 5.32 Å². The van der Waals surface area contributed by atoms with Crippen molar-refractivity contribution in [2.45, 2.75) is 27.7 Å². The van der Waals surface area contributed by atoms with Crippen molar-refractivity contribution in [2.24, 2.45) is 5.92 Å². The predicted molar refractivity (Wildman–Crippen MR) is 112 cm³/mol. The molecule has 1 amide bonds. The van der Waals surface area contributed by atoms with E-state index >= 15 is 0 Å². The number of nitro groups is 1. The maximum atomic E-state index is 12.8. The smallest absolute Gasteiger partial charge is 0.270 e. The second kappa shape index (κ2) is 8.26. The molecule has 2 aromatic carbocycles. The first-order valence-corrected chi connectivity index (χ1v) is 9.47. The second-order valence-corrected chi connectivity index (χ2v) is 7.52. The summed E-state index contributed by atoms with van der Waals surface area (Å²) < 4.78 is 1.64. The minimum absolute atomic E-state index is 0.0115. The highest BCUT2D eigenvalue weighted by molar-refractivity contribution is 5.94. The third kappa shape index (κ3) is 4.51. The molecular weight excluding hydrogens is 368 g/mol. The average Bonchev–Trinajstić information content (AvgIpc) is 3.11. The molecule has 3 aromatic rings. The number of benzene rings is 2. The number of non-ortho nitro benzene ring substituents is 1. The Morgan fingerprint density at radius 3 is 2.41 bits per heavy atom. The lowest BCUT2D eigenvalue weighted by Gasteiger charge is -2.12. The van der Waals surface area contributed by atoms with Crippen LogP contribution >= 0.6 is 0 Å². The summed E-state index contributed by atoms with van der Waals surface area (Å²) in [6.07, 6.45) is 0. The van der Waals surface area contributed by atoms with Crippen LogP contribution in [-0.4, -0.2) is 27.2 Å². The quantitative estimate of drug-likeness (QED) is 0.496. The number of rotatable bonds is 6. The Labute approximate surface area is 169 Å². The van der Waals surface area contributed by atoms with E-state index in [1.165, 1.54) is 12.1 Å². The van der Waals surface area contributed by atoms with E-state index in [-0.39, 0.29) is 11.6 Å². The SMILES string of the molecule is Cc1ccc(-n2nc(-c3ccc([N+](=O)[O-])cc3)cc2C(=O)NCC(C)C)c(C)c1. The Kier molecular flexibility index (Phi) is 5.77. The van der Waals surface area contributed by atoms with Gasteiger partial charge in [-0.15, -0.1) is 0 Å². The van der Waals surface area contributed by atoms with Crippen LogP contribution in [0.15, 0.2) is 48.5 Å². The molecule has 0 unspecified atom stereocenters. The molecule has 0 spiro atoms. The lowest BCUT2D eigenvalue weighted by atomic mass is 10.1. The number of hydrogen-bond acceptors (Lipinski definition) is 4. The first-order valence-electron chi connectivity index (χ1n) is 9.47. The summed E-state index contributed by atoms with van der Waals surface area (Å²) in [7, 11) is 0. The number of nitro benzene ring substituents is 1. The summed E-state index contributed by atoms with van der Waals surface area (Å²) >= 11 is 0. The molecule has 0 bridgehead atoms. The van der Waals surface area contributed by atoms with E-state index in [9.17, 15) is 14.9 Å². The Morgan fingerprint density at radius 1 is 1.14 bits per heavy atom. The number of hydrogen-bond donors (Lipinski definition) is 1. The molecule has 0 atom stereocenters. The molecule has 0 aliphatic heterocycles. The van der Waals surface area contributed by atoms with Gasteiger partial charge < -0.3 is 5.32 Å². The maximum absolute atomic E-state index is 12.8. The van der Waals surface area contributed by atoms with Crippen LogP contribution in [0.25, 0.3) is 16.9 Å². The van der Waals surface area contributed by atoms with Crippen molar-refractivity contribution in [3.05, 3.63) is 75.5 Å². The van der Waals surface area contributed by atoms with Gasteiger partial charge in [0.15, 0.2) is 0 Å². The normalized spacial score (nSPS) is 10.9. The molecule has 7 nitrogen and oxygen atoms in total. The van der Waals surface area contributed by atoms with Crippen LogP contribution in [0.5, 0.6) is 0 Å². The molecular formula is C22H24N4O3. The number of carbonyl (C=O) groups is 1. The zero-order valence-electron chi connectivity index (χ0n) is 17.0. The molecule has 1 heterocycles. The Balaban J connectivity index is 2.07. The largest absolute Gasteiger partial charge is 0.350 e. The van der Waals surface area contributed by atoms with Crippen molar-refractivity contribution in [1.29, 1.82) is 0 Å². The number of nitrogens with zero attached hydrogens (tertiary/aromatic N) is 3. The van der Waals surface area contributed by atoms with E-state index in [2.05, 4.69) is 10.4 Å². The summed E-state index contributed by atoms with van der Waals surface area (Å²) in [6.45, 7) is 8.61. The standard InChI is InChI=1S/C22H24N4O3/c1-14(2)13-23-22(27)21-12-19(17-6-8-18(9-7-17)26(28)29)24-25(21)20-10-5-15(3)11-16(20)4/h5-12,14H,13H2,1-4H3,(H,23,27). The van der Waals surface area contributed by atoms with Crippen molar-refractivity contribution in [3.8, 4) is 16.9 Å². The molecule has 0 aliphatic carbocycles. The van der Waals surface area contributed by atoms with Crippen LogP contribution in [0.4, 0.5) is 5.69 Å². The fraction of sp³-hybridized carbons (Fsp3) is 0.273. The van der Waals surface area contributed by atoms with Gasteiger partial charge in [0, 0.05) is 24.2 Å². The van der Waals surface area contributed by atoms with Crippen molar-refractivity contribution < 1.29 is 9.72 Å². The first-order chi connectivity index (χ1) is 13.8. The summed E-state index contributed by atoms with van der Waals surface area (Å²) in [5, 5.41) is 18.5. The first kappa shape index (κ1) is 20.3. The molecule has 150 valence electrons. The highest BCUT2D eigenvalue weighted by Crippen LogP contribution is 2.25. The van der Waals surface area contributed by atoms with Gasteiger partial charge in [-0.25, -0.2) is 4.68 Å². The van der Waals surface area contributed by atoms with Gasteiger partial charge in [0.2, 0.25) is 0 Å². The van der Waals surface area contributed by atoms with Crippen molar-refractivity contribution in [3.63, 3.8) is 0 Å². The van der Waals surface area contributed by atoms with Crippen LogP contribution in [0.1, 0.15) is 35.5 Å². The number of amides is 1. The fourth-order valence-corrected chi connectivity index (χ4v) is 3.05. The predicted octanol–water partition coefficient (Wildman–Crippen LogP) is 4.45. The molecule has 0 radical (unpaired) electrons. The Morgan fingerprint density at radius 2 is 1.83 bits per heavy atom. The van der Waals surface area contributed by atoms with Gasteiger partial charge in [0.05, 0.1) is 16.3 Å². The molecule has 0 saturated heterocycles. The number of nitrogens with one attached hydrogen (secondary N) is 1. The van der Waals surface area contributed by atoms with Gasteiger partial charge in [-0.2, -0.15) is 5.10 Å².